The van der Waals surface area contributed by atoms with Crippen molar-refractivity contribution in [1.82, 2.24) is 14.5 Å². The zero-order valence-corrected chi connectivity index (χ0v) is 19.4. The summed E-state index contributed by atoms with van der Waals surface area (Å²) in [6.07, 6.45) is 1.77. The third-order valence-electron chi connectivity index (χ3n) is 6.52. The topological polar surface area (TPSA) is 73.1 Å². The number of thiophene rings is 1. The van der Waals surface area contributed by atoms with Crippen molar-refractivity contribution in [3.8, 4) is 0 Å². The van der Waals surface area contributed by atoms with E-state index in [1.54, 1.807) is 11.4 Å². The van der Waals surface area contributed by atoms with E-state index in [9.17, 15) is 14.4 Å². The molecule has 2 aromatic heterocycles. The Balaban J connectivity index is 1.47. The normalized spacial score (nSPS) is 15.0. The molecule has 1 aliphatic rings. The first-order valence-electron chi connectivity index (χ1n) is 11.1. The van der Waals surface area contributed by atoms with E-state index in [-0.39, 0.29) is 30.6 Å². The van der Waals surface area contributed by atoms with Crippen LogP contribution in [-0.2, 0) is 24.3 Å². The van der Waals surface area contributed by atoms with Crippen LogP contribution < -0.4 is 16.6 Å². The van der Waals surface area contributed by atoms with E-state index in [2.05, 4.69) is 11.4 Å². The molecule has 33 heavy (non-hydrogen) atoms. The monoisotopic (exact) mass is 459 g/mol. The highest BCUT2D eigenvalue weighted by Gasteiger charge is 2.24. The zero-order valence-electron chi connectivity index (χ0n) is 18.6. The van der Waals surface area contributed by atoms with Crippen LogP contribution in [0, 0.1) is 13.8 Å². The number of aromatic nitrogens is 2. The second-order valence-electron chi connectivity index (χ2n) is 8.67. The molecule has 2 aromatic carbocycles. The third kappa shape index (κ3) is 3.93. The average Bonchev–Trinajstić information content (AvgIpc) is 3.45. The average molecular weight is 460 g/mol. The molecule has 1 N–H and O–H groups in total. The van der Waals surface area contributed by atoms with Gasteiger partial charge in [-0.3, -0.25) is 18.7 Å². The lowest BCUT2D eigenvalue weighted by molar-refractivity contribution is -0.122. The standard InChI is InChI=1S/C26H25N3O3S/c1-16-7-8-18(13-17(16)2)14-29-25(31)24-22(11-12-33-24)28(26(29)32)15-23(30)27-21-10-9-19-5-3-4-6-20(19)21/h3-8,11-13,21H,9-10,14-15H2,1-2H3,(H,27,30)/t21-/m1/s1. The number of nitrogens with zero attached hydrogens (tertiary/aromatic N) is 2. The van der Waals surface area contributed by atoms with Crippen molar-refractivity contribution >= 4 is 27.5 Å². The highest BCUT2D eigenvalue weighted by Crippen LogP contribution is 2.30. The summed E-state index contributed by atoms with van der Waals surface area (Å²) in [6, 6.07) is 15.7. The van der Waals surface area contributed by atoms with Crippen LogP contribution in [0.2, 0.25) is 0 Å². The van der Waals surface area contributed by atoms with Gasteiger partial charge in [0.2, 0.25) is 5.91 Å². The van der Waals surface area contributed by atoms with E-state index in [0.717, 1.165) is 35.1 Å². The lowest BCUT2D eigenvalue weighted by Gasteiger charge is -2.16. The summed E-state index contributed by atoms with van der Waals surface area (Å²) < 4.78 is 3.14. The van der Waals surface area contributed by atoms with Gasteiger partial charge in [-0.1, -0.05) is 42.5 Å². The van der Waals surface area contributed by atoms with Crippen LogP contribution in [-0.4, -0.2) is 15.0 Å². The molecule has 1 amide bonds. The maximum atomic E-state index is 13.4. The number of benzene rings is 2. The SMILES string of the molecule is Cc1ccc(Cn2c(=O)c3sccc3n(CC(=O)N[C@@H]3CCc4ccccc43)c2=O)cc1C. The fraction of sp³-hybridized carbons (Fsp3) is 0.269. The summed E-state index contributed by atoms with van der Waals surface area (Å²) in [7, 11) is 0. The lowest BCUT2D eigenvalue weighted by atomic mass is 10.1. The van der Waals surface area contributed by atoms with E-state index < -0.39 is 5.69 Å². The summed E-state index contributed by atoms with van der Waals surface area (Å²) in [5.74, 6) is -0.234. The summed E-state index contributed by atoms with van der Waals surface area (Å²) in [5, 5.41) is 4.87. The van der Waals surface area contributed by atoms with Gasteiger partial charge in [0.05, 0.1) is 18.1 Å². The third-order valence-corrected chi connectivity index (χ3v) is 7.41. The largest absolute Gasteiger partial charge is 0.348 e. The van der Waals surface area contributed by atoms with Gasteiger partial charge in [0, 0.05) is 0 Å². The number of hydrogen-bond donors (Lipinski definition) is 1. The smallest absolute Gasteiger partial charge is 0.332 e. The van der Waals surface area contributed by atoms with Gasteiger partial charge in [-0.2, -0.15) is 0 Å². The number of hydrogen-bond acceptors (Lipinski definition) is 4. The van der Waals surface area contributed by atoms with Crippen molar-refractivity contribution in [2.24, 2.45) is 0 Å². The minimum atomic E-state index is -0.467. The highest BCUT2D eigenvalue weighted by atomic mass is 32.1. The molecule has 0 saturated heterocycles. The van der Waals surface area contributed by atoms with Crippen LogP contribution >= 0.6 is 11.3 Å². The molecule has 0 aliphatic heterocycles. The number of aryl methyl sites for hydroxylation is 3. The predicted octanol–water partition coefficient (Wildman–Crippen LogP) is 3.69. The van der Waals surface area contributed by atoms with Crippen LogP contribution in [0.1, 0.15) is 40.3 Å². The molecule has 0 fully saturated rings. The summed E-state index contributed by atoms with van der Waals surface area (Å²) in [6.45, 7) is 4.08. The van der Waals surface area contributed by atoms with Crippen molar-refractivity contribution < 1.29 is 4.79 Å². The number of carbonyl (C=O) groups excluding carboxylic acids is 1. The zero-order chi connectivity index (χ0) is 23.1. The molecule has 168 valence electrons. The van der Waals surface area contributed by atoms with E-state index in [0.29, 0.717) is 10.2 Å². The van der Waals surface area contributed by atoms with E-state index in [1.165, 1.54) is 26.0 Å². The second-order valence-corrected chi connectivity index (χ2v) is 9.59. The van der Waals surface area contributed by atoms with E-state index in [4.69, 9.17) is 0 Å². The van der Waals surface area contributed by atoms with Gasteiger partial charge in [0.15, 0.2) is 0 Å². The molecule has 1 aliphatic carbocycles. The molecule has 5 rings (SSSR count). The lowest BCUT2D eigenvalue weighted by Crippen LogP contribution is -2.42. The van der Waals surface area contributed by atoms with Crippen LogP contribution in [0.15, 0.2) is 63.5 Å². The molecule has 7 heteroatoms. The van der Waals surface area contributed by atoms with Gasteiger partial charge in [-0.15, -0.1) is 11.3 Å². The molecule has 0 saturated carbocycles. The molecular weight excluding hydrogens is 434 g/mol. The Hall–Kier alpha value is -3.45. The maximum Gasteiger partial charge on any atom is 0.332 e. The quantitative estimate of drug-likeness (QED) is 0.495. The fourth-order valence-corrected chi connectivity index (χ4v) is 5.44. The summed E-state index contributed by atoms with van der Waals surface area (Å²) >= 11 is 1.29. The Morgan fingerprint density at radius 1 is 1.06 bits per heavy atom. The first kappa shape index (κ1) is 21.4. The number of carbonyl (C=O) groups is 1. The van der Waals surface area contributed by atoms with Crippen molar-refractivity contribution in [3.05, 3.63) is 103 Å². The second kappa shape index (κ2) is 8.48. The van der Waals surface area contributed by atoms with Crippen LogP contribution in [0.3, 0.4) is 0 Å². The van der Waals surface area contributed by atoms with Crippen molar-refractivity contribution in [1.29, 1.82) is 0 Å². The van der Waals surface area contributed by atoms with Crippen LogP contribution in [0.25, 0.3) is 10.2 Å². The van der Waals surface area contributed by atoms with Gasteiger partial charge in [0.1, 0.15) is 11.2 Å². The molecule has 1 atom stereocenters. The molecule has 0 bridgehead atoms. The Bertz CT molecular complexity index is 1490. The Morgan fingerprint density at radius 3 is 2.70 bits per heavy atom. The predicted molar refractivity (Wildman–Crippen MR) is 131 cm³/mol. The van der Waals surface area contributed by atoms with Gasteiger partial charge in [0.25, 0.3) is 5.56 Å². The van der Waals surface area contributed by atoms with Crippen LogP contribution in [0.4, 0.5) is 0 Å². The minimum Gasteiger partial charge on any atom is -0.348 e. The van der Waals surface area contributed by atoms with Crippen molar-refractivity contribution in [3.63, 3.8) is 0 Å². The number of fused-ring (bicyclic) bond motifs is 2. The summed E-state index contributed by atoms with van der Waals surface area (Å²) in [4.78, 5) is 39.4. The Labute approximate surface area is 195 Å². The number of nitrogens with one attached hydrogen (secondary N) is 1. The fourth-order valence-electron chi connectivity index (χ4n) is 4.60. The summed E-state index contributed by atoms with van der Waals surface area (Å²) in [5.41, 5.74) is 5.26. The molecule has 4 aromatic rings. The van der Waals surface area contributed by atoms with Crippen LogP contribution in [0.5, 0.6) is 0 Å². The van der Waals surface area contributed by atoms with Gasteiger partial charge in [-0.05, 0) is 66.0 Å². The molecule has 0 spiro atoms. The van der Waals surface area contributed by atoms with Crippen molar-refractivity contribution in [2.45, 2.75) is 45.8 Å². The van der Waals surface area contributed by atoms with Crippen molar-refractivity contribution in [2.75, 3.05) is 0 Å². The van der Waals surface area contributed by atoms with Gasteiger partial charge < -0.3 is 5.32 Å². The maximum absolute atomic E-state index is 13.4. The molecule has 6 nitrogen and oxygen atoms in total. The Morgan fingerprint density at radius 2 is 1.88 bits per heavy atom. The van der Waals surface area contributed by atoms with E-state index in [1.807, 2.05) is 50.2 Å². The first-order valence-corrected chi connectivity index (χ1v) is 11.9. The van der Waals surface area contributed by atoms with Gasteiger partial charge >= 0.3 is 5.69 Å². The first-order chi connectivity index (χ1) is 15.9. The molecule has 2 heterocycles. The number of rotatable bonds is 5. The van der Waals surface area contributed by atoms with Gasteiger partial charge in [-0.25, -0.2) is 4.79 Å². The highest BCUT2D eigenvalue weighted by molar-refractivity contribution is 7.17. The molecular formula is C26H25N3O3S. The Kier molecular flexibility index (Phi) is 5.50. The molecule has 0 unspecified atom stereocenters. The number of amides is 1. The molecule has 0 radical (unpaired) electrons. The van der Waals surface area contributed by atoms with E-state index >= 15 is 0 Å². The minimum absolute atomic E-state index is 0.0520.